The molecule has 0 aromatic rings. The molecule has 0 saturated heterocycles. The summed E-state index contributed by atoms with van der Waals surface area (Å²) in [5.74, 6) is 0. The largest absolute Gasteiger partial charge is 0.445 e. The van der Waals surface area contributed by atoms with Gasteiger partial charge in [-0.05, 0) is 12.8 Å². The summed E-state index contributed by atoms with van der Waals surface area (Å²) in [6.07, 6.45) is 8.24. The van der Waals surface area contributed by atoms with Crippen LogP contribution in [0.2, 0.25) is 0 Å². The van der Waals surface area contributed by atoms with Gasteiger partial charge in [0.15, 0.2) is 0 Å². The number of allylic oxidation sites excluding steroid dienone is 1. The maximum Gasteiger partial charge on any atom is 0.445 e. The molecule has 96 valence electrons. The smallest absolute Gasteiger partial charge is 0.369 e. The number of hydrogen-bond donors (Lipinski definition) is 1. The number of halogens is 1. The zero-order valence-corrected chi connectivity index (χ0v) is 11.1. The lowest BCUT2D eigenvalue weighted by Crippen LogP contribution is -1.97. The summed E-state index contributed by atoms with van der Waals surface area (Å²) < 4.78 is 32.7. The van der Waals surface area contributed by atoms with Crippen LogP contribution in [0.5, 0.6) is 0 Å². The van der Waals surface area contributed by atoms with Gasteiger partial charge in [-0.25, -0.2) is 0 Å². The van der Waals surface area contributed by atoms with Crippen LogP contribution in [0.3, 0.4) is 0 Å². The molecule has 0 bridgehead atoms. The number of unbranched alkanes of at least 4 members (excludes halogenated alkanes) is 5. The van der Waals surface area contributed by atoms with Crippen LogP contribution in [0.1, 0.15) is 51.9 Å². The molecule has 0 unspecified atom stereocenters. The van der Waals surface area contributed by atoms with E-state index in [0.717, 1.165) is 25.5 Å². The SMILES string of the molecule is CCCCCCCC/C(Cl)=C/OS(=O)(=O)O. The van der Waals surface area contributed by atoms with Crippen LogP contribution >= 0.6 is 11.6 Å². The lowest BCUT2D eigenvalue weighted by Gasteiger charge is -2.00. The second-order valence-corrected chi connectivity index (χ2v) is 5.14. The van der Waals surface area contributed by atoms with Crippen molar-refractivity contribution in [3.63, 3.8) is 0 Å². The maximum atomic E-state index is 10.2. The molecule has 0 spiro atoms. The van der Waals surface area contributed by atoms with E-state index in [1.54, 1.807) is 0 Å². The molecule has 0 amide bonds. The Labute approximate surface area is 103 Å². The van der Waals surface area contributed by atoms with Crippen LogP contribution in [0, 0.1) is 0 Å². The van der Waals surface area contributed by atoms with Crippen molar-refractivity contribution in [2.75, 3.05) is 0 Å². The van der Waals surface area contributed by atoms with E-state index in [2.05, 4.69) is 11.1 Å². The molecule has 6 heteroatoms. The molecule has 0 aliphatic heterocycles. The van der Waals surface area contributed by atoms with Gasteiger partial charge in [0, 0.05) is 0 Å². The Balaban J connectivity index is 3.54. The van der Waals surface area contributed by atoms with Crippen LogP contribution in [0.4, 0.5) is 0 Å². The van der Waals surface area contributed by atoms with Gasteiger partial charge in [0.05, 0.1) is 5.03 Å². The maximum absolute atomic E-state index is 10.2. The van der Waals surface area contributed by atoms with Gasteiger partial charge in [-0.2, -0.15) is 8.42 Å². The Hall–Kier alpha value is -0.260. The molecule has 0 radical (unpaired) electrons. The quantitative estimate of drug-likeness (QED) is 0.395. The summed E-state index contributed by atoms with van der Waals surface area (Å²) in [4.78, 5) is 0. The average molecular weight is 271 g/mol. The summed E-state index contributed by atoms with van der Waals surface area (Å²) in [6.45, 7) is 2.16. The molecule has 0 aromatic carbocycles. The van der Waals surface area contributed by atoms with Gasteiger partial charge in [0.25, 0.3) is 0 Å². The minimum Gasteiger partial charge on any atom is -0.369 e. The molecular weight excluding hydrogens is 252 g/mol. The van der Waals surface area contributed by atoms with Gasteiger partial charge < -0.3 is 4.18 Å². The highest BCUT2D eigenvalue weighted by Crippen LogP contribution is 2.15. The third kappa shape index (κ3) is 11.8. The standard InChI is InChI=1S/C10H19ClO4S/c1-2-3-4-5-6-7-8-10(11)9-15-16(12,13)14/h9H,2-8H2,1H3,(H,12,13,14)/b10-9-. The van der Waals surface area contributed by atoms with Crippen molar-refractivity contribution in [2.24, 2.45) is 0 Å². The van der Waals surface area contributed by atoms with E-state index in [1.807, 2.05) is 0 Å². The Morgan fingerprint density at radius 2 is 1.81 bits per heavy atom. The molecule has 0 aromatic heterocycles. The number of rotatable bonds is 9. The molecule has 0 aliphatic rings. The first kappa shape index (κ1) is 15.7. The fourth-order valence-electron chi connectivity index (χ4n) is 1.25. The van der Waals surface area contributed by atoms with Crippen LogP contribution < -0.4 is 0 Å². The Morgan fingerprint density at radius 3 is 2.38 bits per heavy atom. The lowest BCUT2D eigenvalue weighted by molar-refractivity contribution is 0.354. The predicted molar refractivity (Wildman–Crippen MR) is 64.6 cm³/mol. The normalized spacial score (nSPS) is 12.8. The van der Waals surface area contributed by atoms with E-state index >= 15 is 0 Å². The highest BCUT2D eigenvalue weighted by atomic mass is 35.5. The Bertz CT molecular complexity index is 298. The molecule has 0 atom stereocenters. The minimum atomic E-state index is -4.42. The first-order valence-electron chi connectivity index (χ1n) is 5.46. The van der Waals surface area contributed by atoms with E-state index in [9.17, 15) is 8.42 Å². The van der Waals surface area contributed by atoms with Gasteiger partial charge in [0.2, 0.25) is 0 Å². The molecule has 0 rings (SSSR count). The van der Waals surface area contributed by atoms with Crippen LogP contribution in [-0.2, 0) is 14.6 Å². The van der Waals surface area contributed by atoms with Crippen molar-refractivity contribution in [3.8, 4) is 0 Å². The Kier molecular flexibility index (Phi) is 8.70. The van der Waals surface area contributed by atoms with Crippen molar-refractivity contribution in [3.05, 3.63) is 11.3 Å². The van der Waals surface area contributed by atoms with Crippen molar-refractivity contribution in [1.29, 1.82) is 0 Å². The highest BCUT2D eigenvalue weighted by molar-refractivity contribution is 7.81. The fraction of sp³-hybridized carbons (Fsp3) is 0.800. The Morgan fingerprint density at radius 1 is 1.25 bits per heavy atom. The summed E-state index contributed by atoms with van der Waals surface area (Å²) in [5.41, 5.74) is 0. The first-order valence-corrected chi connectivity index (χ1v) is 7.20. The lowest BCUT2D eigenvalue weighted by atomic mass is 10.1. The molecule has 0 aliphatic carbocycles. The molecule has 16 heavy (non-hydrogen) atoms. The van der Waals surface area contributed by atoms with E-state index in [4.69, 9.17) is 16.2 Å². The molecular formula is C10H19ClO4S. The van der Waals surface area contributed by atoms with E-state index < -0.39 is 10.4 Å². The van der Waals surface area contributed by atoms with Gasteiger partial charge in [-0.15, -0.1) is 0 Å². The van der Waals surface area contributed by atoms with Gasteiger partial charge >= 0.3 is 10.4 Å². The van der Waals surface area contributed by atoms with Gasteiger partial charge in [0.1, 0.15) is 6.26 Å². The summed E-state index contributed by atoms with van der Waals surface area (Å²) in [7, 11) is -4.42. The second kappa shape index (κ2) is 8.84. The minimum absolute atomic E-state index is 0.299. The fourth-order valence-corrected chi connectivity index (χ4v) is 1.71. The highest BCUT2D eigenvalue weighted by Gasteiger charge is 2.02. The van der Waals surface area contributed by atoms with Crippen molar-refractivity contribution >= 4 is 22.0 Å². The van der Waals surface area contributed by atoms with E-state index in [-0.39, 0.29) is 0 Å². The topological polar surface area (TPSA) is 63.6 Å². The molecule has 0 heterocycles. The molecule has 0 saturated carbocycles. The second-order valence-electron chi connectivity index (χ2n) is 3.61. The summed E-state index contributed by atoms with van der Waals surface area (Å²) in [5, 5.41) is 0.299. The monoisotopic (exact) mass is 270 g/mol. The zero-order chi connectivity index (χ0) is 12.4. The summed E-state index contributed by atoms with van der Waals surface area (Å²) >= 11 is 5.69. The molecule has 4 nitrogen and oxygen atoms in total. The van der Waals surface area contributed by atoms with E-state index in [1.165, 1.54) is 19.3 Å². The van der Waals surface area contributed by atoms with Crippen molar-refractivity contribution in [2.45, 2.75) is 51.9 Å². The van der Waals surface area contributed by atoms with Gasteiger partial charge in [-0.1, -0.05) is 50.6 Å². The van der Waals surface area contributed by atoms with E-state index in [0.29, 0.717) is 11.5 Å². The molecule has 1 N–H and O–H groups in total. The third-order valence-electron chi connectivity index (χ3n) is 2.07. The first-order chi connectivity index (χ1) is 7.45. The number of hydrogen-bond acceptors (Lipinski definition) is 3. The van der Waals surface area contributed by atoms with Gasteiger partial charge in [-0.3, -0.25) is 4.55 Å². The third-order valence-corrected chi connectivity index (χ3v) is 2.68. The van der Waals surface area contributed by atoms with Crippen molar-refractivity contribution in [1.82, 2.24) is 0 Å². The summed E-state index contributed by atoms with van der Waals surface area (Å²) in [6, 6.07) is 0. The molecule has 0 fully saturated rings. The predicted octanol–water partition coefficient (Wildman–Crippen LogP) is 3.64. The van der Waals surface area contributed by atoms with Crippen molar-refractivity contribution < 1.29 is 17.2 Å². The van der Waals surface area contributed by atoms with Crippen LogP contribution in [0.15, 0.2) is 11.3 Å². The van der Waals surface area contributed by atoms with Crippen LogP contribution in [-0.4, -0.2) is 13.0 Å². The van der Waals surface area contributed by atoms with Crippen LogP contribution in [0.25, 0.3) is 0 Å². The average Bonchev–Trinajstić information content (AvgIpc) is 2.19. The zero-order valence-electron chi connectivity index (χ0n) is 9.49.